The minimum Gasteiger partial charge on any atom is -0.315 e. The van der Waals surface area contributed by atoms with Crippen molar-refractivity contribution in [2.45, 2.75) is 41.1 Å². The summed E-state index contributed by atoms with van der Waals surface area (Å²) in [5.74, 6) is 0. The summed E-state index contributed by atoms with van der Waals surface area (Å²) in [5, 5.41) is 3.28. The molecule has 0 radical (unpaired) electrons. The lowest BCUT2D eigenvalue weighted by Crippen LogP contribution is -2.42. The molecular weight excluding hydrogens is 374 g/mol. The van der Waals surface area contributed by atoms with Crippen LogP contribution >= 0.6 is 12.4 Å². The number of nitrogens with zero attached hydrogens (tertiary/aromatic N) is 1. The first-order valence-corrected chi connectivity index (χ1v) is 10.6. The highest BCUT2D eigenvalue weighted by Gasteiger charge is 2.42. The lowest BCUT2D eigenvalue weighted by atomic mass is 10.1. The van der Waals surface area contributed by atoms with Gasteiger partial charge in [0.05, 0.1) is 9.79 Å². The summed E-state index contributed by atoms with van der Waals surface area (Å²) in [6.07, 6.45) is 2.56. The summed E-state index contributed by atoms with van der Waals surface area (Å²) < 4.78 is 53.3. The molecule has 0 saturated carbocycles. The van der Waals surface area contributed by atoms with Gasteiger partial charge in [0, 0.05) is 18.6 Å². The van der Waals surface area contributed by atoms with Crippen molar-refractivity contribution in [1.29, 1.82) is 0 Å². The number of benzene rings is 1. The first-order valence-electron chi connectivity index (χ1n) is 7.64. The largest absolute Gasteiger partial charge is 0.315 e. The van der Waals surface area contributed by atoms with Gasteiger partial charge in [-0.25, -0.2) is 21.6 Å². The predicted molar refractivity (Wildman–Crippen MR) is 93.3 cm³/mol. The van der Waals surface area contributed by atoms with Gasteiger partial charge in [-0.2, -0.15) is 4.31 Å². The van der Waals surface area contributed by atoms with E-state index < -0.39 is 20.0 Å². The number of hydrogen-bond donors (Lipinski definition) is 2. The minimum absolute atomic E-state index is 0. The molecule has 2 aliphatic rings. The molecule has 2 heterocycles. The van der Waals surface area contributed by atoms with Crippen LogP contribution in [0.15, 0.2) is 34.1 Å². The van der Waals surface area contributed by atoms with Crippen LogP contribution in [0.5, 0.6) is 0 Å². The van der Waals surface area contributed by atoms with Gasteiger partial charge >= 0.3 is 0 Å². The highest BCUT2D eigenvalue weighted by atomic mass is 35.5. The van der Waals surface area contributed by atoms with Gasteiger partial charge in [0.25, 0.3) is 0 Å². The normalized spacial score (nSPS) is 25.0. The third-order valence-electron chi connectivity index (χ3n) is 4.57. The number of nitrogens with one attached hydrogen (secondary N) is 2. The van der Waals surface area contributed by atoms with Crippen molar-refractivity contribution in [3.8, 4) is 0 Å². The van der Waals surface area contributed by atoms with E-state index in [4.69, 9.17) is 0 Å². The molecule has 2 fully saturated rings. The smallest absolute Gasteiger partial charge is 0.243 e. The molecule has 10 heteroatoms. The summed E-state index contributed by atoms with van der Waals surface area (Å²) in [4.78, 5) is 0.200. The molecule has 0 aromatic heterocycles. The summed E-state index contributed by atoms with van der Waals surface area (Å²) in [6.45, 7) is 1.49. The number of sulfonamides is 2. The number of rotatable bonds is 4. The Hall–Kier alpha value is -0.710. The summed E-state index contributed by atoms with van der Waals surface area (Å²) in [5.41, 5.74) is 0. The van der Waals surface area contributed by atoms with Crippen LogP contribution in [0.3, 0.4) is 0 Å². The Morgan fingerprint density at radius 3 is 2.21 bits per heavy atom. The molecule has 2 bridgehead atoms. The van der Waals surface area contributed by atoms with Crippen LogP contribution in [0.1, 0.15) is 19.3 Å². The van der Waals surface area contributed by atoms with E-state index in [1.807, 2.05) is 0 Å². The second kappa shape index (κ2) is 7.27. The van der Waals surface area contributed by atoms with Gasteiger partial charge in [0.15, 0.2) is 0 Å². The van der Waals surface area contributed by atoms with Gasteiger partial charge in [0.2, 0.25) is 20.0 Å². The predicted octanol–water partition coefficient (Wildman–Crippen LogP) is 0.531. The standard InChI is InChI=1S/C14H21N3O4S2.ClH/c1-15-22(18,19)13-4-6-14(7-5-13)23(20,21)17-11-2-3-12(17)10-16-9-8-11;/h4-7,11-12,15-16H,2-3,8-10H2,1H3;1H. The Bertz CT molecular complexity index is 767. The Morgan fingerprint density at radius 1 is 1.00 bits per heavy atom. The zero-order chi connectivity index (χ0) is 16.7. The third-order valence-corrected chi connectivity index (χ3v) is 8.01. The fourth-order valence-corrected chi connectivity index (χ4v) is 5.99. The van der Waals surface area contributed by atoms with E-state index >= 15 is 0 Å². The van der Waals surface area contributed by atoms with Crippen LogP contribution in [0.25, 0.3) is 0 Å². The average Bonchev–Trinajstić information content (AvgIpc) is 2.81. The fourth-order valence-electron chi connectivity index (χ4n) is 3.36. The third kappa shape index (κ3) is 3.47. The Kier molecular flexibility index (Phi) is 5.94. The van der Waals surface area contributed by atoms with Crippen LogP contribution in [0.4, 0.5) is 0 Å². The molecule has 2 N–H and O–H groups in total. The summed E-state index contributed by atoms with van der Waals surface area (Å²) in [7, 11) is -5.86. The highest BCUT2D eigenvalue weighted by Crippen LogP contribution is 2.33. The summed E-state index contributed by atoms with van der Waals surface area (Å²) >= 11 is 0. The van der Waals surface area contributed by atoms with Crippen LogP contribution in [-0.4, -0.2) is 53.4 Å². The van der Waals surface area contributed by atoms with E-state index in [2.05, 4.69) is 10.0 Å². The molecule has 0 spiro atoms. The van der Waals surface area contributed by atoms with Gasteiger partial charge < -0.3 is 5.32 Å². The molecule has 0 amide bonds. The first-order chi connectivity index (χ1) is 10.9. The molecule has 2 atom stereocenters. The second-order valence-electron chi connectivity index (χ2n) is 5.89. The maximum atomic E-state index is 13.0. The van der Waals surface area contributed by atoms with Crippen molar-refractivity contribution in [2.75, 3.05) is 20.1 Å². The zero-order valence-corrected chi connectivity index (χ0v) is 15.8. The molecule has 0 aliphatic carbocycles. The first kappa shape index (κ1) is 19.6. The Morgan fingerprint density at radius 2 is 1.58 bits per heavy atom. The topological polar surface area (TPSA) is 95.6 Å². The van der Waals surface area contributed by atoms with Crippen LogP contribution < -0.4 is 10.0 Å². The monoisotopic (exact) mass is 395 g/mol. The molecule has 1 aromatic carbocycles. The van der Waals surface area contributed by atoms with E-state index in [0.717, 1.165) is 25.8 Å². The second-order valence-corrected chi connectivity index (χ2v) is 9.62. The lowest BCUT2D eigenvalue weighted by Gasteiger charge is -2.26. The number of fused-ring (bicyclic) bond motifs is 2. The van der Waals surface area contributed by atoms with Crippen LogP contribution in [-0.2, 0) is 20.0 Å². The van der Waals surface area contributed by atoms with Gasteiger partial charge in [-0.05, 0) is 57.1 Å². The minimum atomic E-state index is -3.61. The number of hydrogen-bond acceptors (Lipinski definition) is 5. The van der Waals surface area contributed by atoms with Crippen LogP contribution in [0.2, 0.25) is 0 Å². The van der Waals surface area contributed by atoms with Crippen molar-refractivity contribution in [3.05, 3.63) is 24.3 Å². The average molecular weight is 396 g/mol. The van der Waals surface area contributed by atoms with E-state index in [1.165, 1.54) is 31.3 Å². The van der Waals surface area contributed by atoms with Gasteiger partial charge in [0.1, 0.15) is 0 Å². The quantitative estimate of drug-likeness (QED) is 0.775. The van der Waals surface area contributed by atoms with Crippen molar-refractivity contribution in [2.24, 2.45) is 0 Å². The van der Waals surface area contributed by atoms with E-state index in [1.54, 1.807) is 4.31 Å². The Balaban J connectivity index is 0.00000208. The molecule has 2 aliphatic heterocycles. The molecule has 1 aromatic rings. The molecule has 136 valence electrons. The molecule has 2 saturated heterocycles. The van der Waals surface area contributed by atoms with E-state index in [0.29, 0.717) is 6.54 Å². The van der Waals surface area contributed by atoms with Gasteiger partial charge in [-0.15, -0.1) is 12.4 Å². The van der Waals surface area contributed by atoms with Gasteiger partial charge in [-0.3, -0.25) is 0 Å². The Labute approximate surface area is 149 Å². The molecule has 7 nitrogen and oxygen atoms in total. The van der Waals surface area contributed by atoms with Crippen molar-refractivity contribution < 1.29 is 16.8 Å². The molecule has 24 heavy (non-hydrogen) atoms. The van der Waals surface area contributed by atoms with Crippen molar-refractivity contribution in [3.63, 3.8) is 0 Å². The highest BCUT2D eigenvalue weighted by molar-refractivity contribution is 7.89. The van der Waals surface area contributed by atoms with Crippen molar-refractivity contribution in [1.82, 2.24) is 14.3 Å². The lowest BCUT2D eigenvalue weighted by molar-refractivity contribution is 0.334. The number of halogens is 1. The van der Waals surface area contributed by atoms with E-state index in [-0.39, 0.29) is 34.3 Å². The molecule has 2 unspecified atom stereocenters. The SMILES string of the molecule is CNS(=O)(=O)c1ccc(S(=O)(=O)N2C3CCNCC2CC3)cc1.Cl. The van der Waals surface area contributed by atoms with Gasteiger partial charge in [-0.1, -0.05) is 0 Å². The molecular formula is C14H22ClN3O4S2. The molecule has 3 rings (SSSR count). The van der Waals surface area contributed by atoms with E-state index in [9.17, 15) is 16.8 Å². The van der Waals surface area contributed by atoms with Crippen LogP contribution in [0, 0.1) is 0 Å². The fraction of sp³-hybridized carbons (Fsp3) is 0.571. The summed E-state index contributed by atoms with van der Waals surface area (Å²) in [6, 6.07) is 5.41. The maximum Gasteiger partial charge on any atom is 0.243 e. The zero-order valence-electron chi connectivity index (χ0n) is 13.3. The van der Waals surface area contributed by atoms with Crippen molar-refractivity contribution >= 4 is 32.5 Å². The maximum absolute atomic E-state index is 13.0.